The molecule has 0 radical (unpaired) electrons. The lowest BCUT2D eigenvalue weighted by Gasteiger charge is -2.35. The minimum absolute atomic E-state index is 0.104. The van der Waals surface area contributed by atoms with E-state index >= 15 is 0 Å². The third-order valence-electron chi connectivity index (χ3n) is 7.33. The fourth-order valence-electron chi connectivity index (χ4n) is 5.19. The molecule has 220 valence electrons. The lowest BCUT2D eigenvalue weighted by atomic mass is 10.2. The van der Waals surface area contributed by atoms with Crippen LogP contribution >= 0.6 is 0 Å². The molecule has 2 aliphatic rings. The van der Waals surface area contributed by atoms with E-state index in [0.29, 0.717) is 44.3 Å². The predicted octanol–water partition coefficient (Wildman–Crippen LogP) is 3.45. The first-order valence-corrected chi connectivity index (χ1v) is 14.5. The van der Waals surface area contributed by atoms with Crippen molar-refractivity contribution in [1.82, 2.24) is 25.1 Å². The quantitative estimate of drug-likeness (QED) is 0.359. The Morgan fingerprint density at radius 3 is 2.46 bits per heavy atom. The van der Waals surface area contributed by atoms with Crippen molar-refractivity contribution in [3.63, 3.8) is 0 Å². The number of hydrogen-bond acceptors (Lipinski definition) is 9. The lowest BCUT2D eigenvalue weighted by molar-refractivity contribution is 0.208. The monoisotopic (exact) mass is 563 g/mol. The van der Waals surface area contributed by atoms with Gasteiger partial charge in [-0.1, -0.05) is 0 Å². The van der Waals surface area contributed by atoms with E-state index in [4.69, 9.17) is 14.2 Å². The van der Waals surface area contributed by atoms with Crippen LogP contribution in [0.5, 0.6) is 17.2 Å². The van der Waals surface area contributed by atoms with Crippen molar-refractivity contribution in [3.05, 3.63) is 42.7 Å². The average Bonchev–Trinajstić information content (AvgIpc) is 3.00. The van der Waals surface area contributed by atoms with Gasteiger partial charge in [0.25, 0.3) is 0 Å². The number of nitrogens with zero attached hydrogens (tertiary/aromatic N) is 5. The number of anilines is 2. The van der Waals surface area contributed by atoms with E-state index in [-0.39, 0.29) is 12.1 Å². The summed E-state index contributed by atoms with van der Waals surface area (Å²) in [5.74, 6) is 2.97. The smallest absolute Gasteiger partial charge is 0.321 e. The van der Waals surface area contributed by atoms with Crippen LogP contribution in [0.15, 0.2) is 42.7 Å². The summed E-state index contributed by atoms with van der Waals surface area (Å²) in [6.07, 6.45) is 2.64. The summed E-state index contributed by atoms with van der Waals surface area (Å²) in [6, 6.07) is 11.2. The van der Waals surface area contributed by atoms with Gasteiger partial charge in [0.15, 0.2) is 11.5 Å². The van der Waals surface area contributed by atoms with E-state index < -0.39 is 0 Å². The molecule has 2 fully saturated rings. The van der Waals surface area contributed by atoms with Crippen LogP contribution in [-0.4, -0.2) is 105 Å². The first-order valence-electron chi connectivity index (χ1n) is 14.5. The van der Waals surface area contributed by atoms with Crippen LogP contribution in [0.3, 0.4) is 0 Å². The molecule has 5 rings (SSSR count). The Kier molecular flexibility index (Phi) is 9.58. The number of ether oxygens (including phenoxy) is 3. The normalized spacial score (nSPS) is 16.2. The number of fused-ring (bicyclic) bond motifs is 1. The van der Waals surface area contributed by atoms with E-state index in [9.17, 15) is 4.79 Å². The topological polar surface area (TPSA) is 104 Å². The fraction of sp³-hybridized carbons (Fsp3) is 0.500. The van der Waals surface area contributed by atoms with E-state index in [1.807, 2.05) is 55.1 Å². The second-order valence-corrected chi connectivity index (χ2v) is 10.6. The zero-order valence-electron chi connectivity index (χ0n) is 24.3. The molecule has 2 aromatic carbocycles. The Hall–Kier alpha value is -3.83. The highest BCUT2D eigenvalue weighted by Crippen LogP contribution is 2.35. The van der Waals surface area contributed by atoms with E-state index in [0.717, 1.165) is 67.3 Å². The summed E-state index contributed by atoms with van der Waals surface area (Å²) in [6.45, 7) is 12.4. The van der Waals surface area contributed by atoms with Crippen molar-refractivity contribution in [1.29, 1.82) is 0 Å². The summed E-state index contributed by atoms with van der Waals surface area (Å²) in [5, 5.41) is 7.27. The van der Waals surface area contributed by atoms with Gasteiger partial charge in [0.05, 0.1) is 25.3 Å². The maximum absolute atomic E-state index is 12.9. The number of amides is 2. The van der Waals surface area contributed by atoms with Gasteiger partial charge in [0.1, 0.15) is 17.9 Å². The average molecular weight is 564 g/mol. The van der Waals surface area contributed by atoms with Gasteiger partial charge in [0, 0.05) is 76.0 Å². The zero-order chi connectivity index (χ0) is 28.6. The Bertz CT molecular complexity index is 1290. The van der Waals surface area contributed by atoms with E-state index in [2.05, 4.69) is 30.4 Å². The van der Waals surface area contributed by atoms with Crippen molar-refractivity contribution in [2.75, 3.05) is 82.8 Å². The number of methoxy groups -OCH3 is 1. The molecule has 11 nitrogen and oxygen atoms in total. The van der Waals surface area contributed by atoms with Gasteiger partial charge in [0.2, 0.25) is 0 Å². The Morgan fingerprint density at radius 1 is 1.00 bits per heavy atom. The van der Waals surface area contributed by atoms with E-state index in [1.54, 1.807) is 13.4 Å². The molecule has 11 heteroatoms. The maximum Gasteiger partial charge on any atom is 0.321 e. The van der Waals surface area contributed by atoms with Gasteiger partial charge >= 0.3 is 6.03 Å². The number of carbonyl (C=O) groups excluding carboxylic acids is 1. The van der Waals surface area contributed by atoms with Crippen LogP contribution in [0.25, 0.3) is 10.9 Å². The highest BCUT2D eigenvalue weighted by atomic mass is 16.5. The molecule has 3 aromatic rings. The largest absolute Gasteiger partial charge is 0.493 e. The van der Waals surface area contributed by atoms with Crippen LogP contribution in [-0.2, 0) is 0 Å². The fourth-order valence-corrected chi connectivity index (χ4v) is 5.19. The Morgan fingerprint density at radius 2 is 1.76 bits per heavy atom. The van der Waals surface area contributed by atoms with Gasteiger partial charge in [-0.2, -0.15) is 0 Å². The molecule has 0 spiro atoms. The van der Waals surface area contributed by atoms with Gasteiger partial charge < -0.3 is 39.5 Å². The second-order valence-electron chi connectivity index (χ2n) is 10.6. The first-order chi connectivity index (χ1) is 20.0. The molecule has 2 amide bonds. The highest BCUT2D eigenvalue weighted by molar-refractivity contribution is 5.92. The minimum atomic E-state index is -0.116. The van der Waals surface area contributed by atoms with Crippen molar-refractivity contribution in [2.45, 2.75) is 26.4 Å². The summed E-state index contributed by atoms with van der Waals surface area (Å²) in [7, 11) is 1.65. The highest BCUT2D eigenvalue weighted by Gasteiger charge is 2.24. The molecule has 2 N–H and O–H groups in total. The standard InChI is InChI=1S/C30H41N7O4/c1-22(2)41-24-7-5-23(6-8-24)34-30(38)37-16-14-36(15-17-37)29-25-19-27(39-3)28(20-26(25)32-21-33-29)40-18-4-11-35-12-9-31-10-13-35/h5-8,19-22,31H,4,9-18H2,1-3H3,(H,34,38). The van der Waals surface area contributed by atoms with Crippen molar-refractivity contribution in [2.24, 2.45) is 0 Å². The van der Waals surface area contributed by atoms with Gasteiger partial charge in [-0.05, 0) is 50.6 Å². The number of rotatable bonds is 10. The molecule has 0 saturated carbocycles. The third kappa shape index (κ3) is 7.47. The van der Waals surface area contributed by atoms with Crippen LogP contribution in [0.1, 0.15) is 20.3 Å². The molecule has 0 atom stereocenters. The maximum atomic E-state index is 12.9. The van der Waals surface area contributed by atoms with Crippen molar-refractivity contribution >= 4 is 28.4 Å². The van der Waals surface area contributed by atoms with Gasteiger partial charge in [-0.15, -0.1) is 0 Å². The van der Waals surface area contributed by atoms with Crippen LogP contribution < -0.4 is 29.7 Å². The van der Waals surface area contributed by atoms with Gasteiger partial charge in [-0.25, -0.2) is 14.8 Å². The SMILES string of the molecule is COc1cc2c(N3CCN(C(=O)Nc4ccc(OC(C)C)cc4)CC3)ncnc2cc1OCCCN1CCNCC1. The number of hydrogen-bond donors (Lipinski definition) is 2. The summed E-state index contributed by atoms with van der Waals surface area (Å²) in [4.78, 5) is 28.5. The van der Waals surface area contributed by atoms with Crippen LogP contribution in [0, 0.1) is 0 Å². The third-order valence-corrected chi connectivity index (χ3v) is 7.33. The molecular formula is C30H41N7O4. The summed E-state index contributed by atoms with van der Waals surface area (Å²) in [5.41, 5.74) is 1.54. The molecule has 0 bridgehead atoms. The van der Waals surface area contributed by atoms with E-state index in [1.165, 1.54) is 0 Å². The van der Waals surface area contributed by atoms with Crippen molar-refractivity contribution in [3.8, 4) is 17.2 Å². The number of piperazine rings is 2. The molecule has 2 aliphatic heterocycles. The number of urea groups is 1. The Labute approximate surface area is 241 Å². The Balaban J connectivity index is 1.18. The summed E-state index contributed by atoms with van der Waals surface area (Å²) < 4.78 is 17.5. The zero-order valence-corrected chi connectivity index (χ0v) is 24.3. The molecule has 0 aliphatic carbocycles. The minimum Gasteiger partial charge on any atom is -0.493 e. The number of aromatic nitrogens is 2. The van der Waals surface area contributed by atoms with Crippen molar-refractivity contribution < 1.29 is 19.0 Å². The predicted molar refractivity (Wildman–Crippen MR) is 161 cm³/mol. The van der Waals surface area contributed by atoms with Crippen LogP contribution in [0.4, 0.5) is 16.3 Å². The molecular weight excluding hydrogens is 522 g/mol. The molecule has 0 unspecified atom stereocenters. The number of benzene rings is 2. The first kappa shape index (κ1) is 28.7. The molecule has 41 heavy (non-hydrogen) atoms. The molecule has 1 aromatic heterocycles. The number of nitrogens with one attached hydrogen (secondary N) is 2. The van der Waals surface area contributed by atoms with Gasteiger partial charge in [-0.3, -0.25) is 0 Å². The van der Waals surface area contributed by atoms with Crippen LogP contribution in [0.2, 0.25) is 0 Å². The molecule has 3 heterocycles. The molecule has 2 saturated heterocycles. The second kappa shape index (κ2) is 13.7. The summed E-state index contributed by atoms with van der Waals surface area (Å²) >= 11 is 0. The number of carbonyl (C=O) groups is 1. The lowest BCUT2D eigenvalue weighted by Crippen LogP contribution is -2.50.